The predicted molar refractivity (Wildman–Crippen MR) is 131 cm³/mol. The van der Waals surface area contributed by atoms with Crippen LogP contribution in [0.4, 0.5) is 11.4 Å². The molecule has 0 radical (unpaired) electrons. The van der Waals surface area contributed by atoms with Gasteiger partial charge in [0.25, 0.3) is 0 Å². The summed E-state index contributed by atoms with van der Waals surface area (Å²) < 4.78 is 5.19. The van der Waals surface area contributed by atoms with Crippen molar-refractivity contribution in [2.45, 2.75) is 16.3 Å². The average Bonchev–Trinajstić information content (AvgIpc) is 3.27. The quantitative estimate of drug-likeness (QED) is 0.303. The summed E-state index contributed by atoms with van der Waals surface area (Å²) in [6.45, 7) is 0.0341. The van der Waals surface area contributed by atoms with Crippen molar-refractivity contribution in [1.29, 1.82) is 0 Å². The highest BCUT2D eigenvalue weighted by atomic mass is 35.5. The zero-order valence-electron chi connectivity index (χ0n) is 16.9. The van der Waals surface area contributed by atoms with Crippen molar-refractivity contribution >= 4 is 63.6 Å². The molecule has 166 valence electrons. The molecule has 2 heterocycles. The first kappa shape index (κ1) is 22.0. The standard InChI is InChI=1S/C23H15Cl2N3O3S2/c24-14-9-13(10-15(25)22(14)31-12-21(29)30)23-27-26-20(33-23)11-28-16-5-1-3-7-18(16)32-19-8-4-2-6-17(19)28/h1-10H,11-12H2,(H,29,30). The molecule has 1 aliphatic rings. The smallest absolute Gasteiger partial charge is 0.341 e. The SMILES string of the molecule is O=C(O)COc1c(Cl)cc(-c2nnc(CN3c4ccccc4Sc4ccccc43)s2)cc1Cl. The van der Waals surface area contributed by atoms with Crippen LogP contribution in [-0.2, 0) is 11.3 Å². The van der Waals surface area contributed by atoms with Crippen molar-refractivity contribution in [1.82, 2.24) is 10.2 Å². The van der Waals surface area contributed by atoms with E-state index < -0.39 is 12.6 Å². The molecule has 0 saturated carbocycles. The summed E-state index contributed by atoms with van der Waals surface area (Å²) in [5.41, 5.74) is 2.94. The molecule has 0 saturated heterocycles. The highest BCUT2D eigenvalue weighted by Crippen LogP contribution is 2.48. The van der Waals surface area contributed by atoms with Gasteiger partial charge in [-0.2, -0.15) is 0 Å². The Kier molecular flexibility index (Phi) is 6.16. The second-order valence-corrected chi connectivity index (χ2v) is 10.0. The minimum absolute atomic E-state index is 0.133. The number of anilines is 2. The van der Waals surface area contributed by atoms with Gasteiger partial charge in [0.2, 0.25) is 0 Å². The maximum Gasteiger partial charge on any atom is 0.341 e. The highest BCUT2D eigenvalue weighted by molar-refractivity contribution is 7.99. The minimum Gasteiger partial charge on any atom is -0.479 e. The lowest BCUT2D eigenvalue weighted by molar-refractivity contribution is -0.139. The Morgan fingerprint density at radius 1 is 0.970 bits per heavy atom. The molecule has 3 aromatic carbocycles. The Morgan fingerprint density at radius 3 is 2.18 bits per heavy atom. The molecular weight excluding hydrogens is 501 g/mol. The van der Waals surface area contributed by atoms with Crippen molar-refractivity contribution in [3.05, 3.63) is 75.7 Å². The molecule has 1 N–H and O–H groups in total. The second-order valence-electron chi connectivity index (χ2n) is 7.08. The first-order chi connectivity index (χ1) is 16.0. The van der Waals surface area contributed by atoms with Crippen molar-refractivity contribution in [3.63, 3.8) is 0 Å². The number of halogens is 2. The van der Waals surface area contributed by atoms with Crippen LogP contribution in [0, 0.1) is 0 Å². The molecule has 33 heavy (non-hydrogen) atoms. The Hall–Kier alpha value is -2.78. The van der Waals surface area contributed by atoms with E-state index in [4.69, 9.17) is 33.0 Å². The van der Waals surface area contributed by atoms with Crippen LogP contribution in [0.1, 0.15) is 5.01 Å². The first-order valence-corrected chi connectivity index (χ1v) is 12.2. The van der Waals surface area contributed by atoms with E-state index in [1.165, 1.54) is 21.1 Å². The van der Waals surface area contributed by atoms with Crippen molar-refractivity contribution in [3.8, 4) is 16.3 Å². The van der Waals surface area contributed by atoms with Crippen molar-refractivity contribution in [2.24, 2.45) is 0 Å². The lowest BCUT2D eigenvalue weighted by Crippen LogP contribution is -2.20. The van der Waals surface area contributed by atoms with E-state index in [2.05, 4.69) is 39.4 Å². The highest BCUT2D eigenvalue weighted by Gasteiger charge is 2.24. The molecule has 0 aliphatic carbocycles. The van der Waals surface area contributed by atoms with Gasteiger partial charge in [0.1, 0.15) is 10.0 Å². The van der Waals surface area contributed by atoms with E-state index in [1.807, 2.05) is 24.3 Å². The summed E-state index contributed by atoms with van der Waals surface area (Å²) in [5, 5.41) is 19.5. The molecule has 1 aromatic heterocycles. The predicted octanol–water partition coefficient (Wildman–Crippen LogP) is 6.78. The van der Waals surface area contributed by atoms with Crippen LogP contribution in [0.15, 0.2) is 70.5 Å². The number of aliphatic carboxylic acids is 1. The van der Waals surface area contributed by atoms with Gasteiger partial charge in [-0.05, 0) is 36.4 Å². The zero-order valence-corrected chi connectivity index (χ0v) is 20.0. The van der Waals surface area contributed by atoms with Crippen LogP contribution in [0.2, 0.25) is 10.0 Å². The fraction of sp³-hybridized carbons (Fsp3) is 0.0870. The molecular formula is C23H15Cl2N3O3S2. The van der Waals surface area contributed by atoms with E-state index in [1.54, 1.807) is 23.9 Å². The van der Waals surface area contributed by atoms with E-state index in [0.29, 0.717) is 17.1 Å². The second kappa shape index (κ2) is 9.23. The minimum atomic E-state index is -1.11. The van der Waals surface area contributed by atoms with Gasteiger partial charge in [-0.15, -0.1) is 10.2 Å². The molecule has 0 fully saturated rings. The van der Waals surface area contributed by atoms with Gasteiger partial charge >= 0.3 is 5.97 Å². The van der Waals surface area contributed by atoms with Crippen LogP contribution >= 0.6 is 46.3 Å². The van der Waals surface area contributed by atoms with Crippen molar-refractivity contribution in [2.75, 3.05) is 11.5 Å². The van der Waals surface area contributed by atoms with Gasteiger partial charge in [-0.25, -0.2) is 4.79 Å². The number of para-hydroxylation sites is 2. The van der Waals surface area contributed by atoms with Gasteiger partial charge < -0.3 is 14.7 Å². The number of hydrogen-bond donors (Lipinski definition) is 1. The summed E-state index contributed by atoms with van der Waals surface area (Å²) in [6.07, 6.45) is 0. The molecule has 5 rings (SSSR count). The zero-order chi connectivity index (χ0) is 22.9. The molecule has 4 aromatic rings. The number of carboxylic acids is 1. The molecule has 1 aliphatic heterocycles. The largest absolute Gasteiger partial charge is 0.479 e. The number of carbonyl (C=O) groups is 1. The normalized spacial score (nSPS) is 12.2. The number of aromatic nitrogens is 2. The van der Waals surface area contributed by atoms with Crippen LogP contribution in [0.25, 0.3) is 10.6 Å². The van der Waals surface area contributed by atoms with Gasteiger partial charge in [0.15, 0.2) is 12.4 Å². The third-order valence-electron chi connectivity index (χ3n) is 4.88. The Bertz CT molecular complexity index is 1290. The third-order valence-corrected chi connectivity index (χ3v) is 7.53. The summed E-state index contributed by atoms with van der Waals surface area (Å²) in [7, 11) is 0. The van der Waals surface area contributed by atoms with Gasteiger partial charge in [0, 0.05) is 15.4 Å². The maximum absolute atomic E-state index is 10.8. The lowest BCUT2D eigenvalue weighted by atomic mass is 10.2. The molecule has 0 amide bonds. The molecule has 0 unspecified atom stereocenters. The van der Waals surface area contributed by atoms with Gasteiger partial charge in [-0.3, -0.25) is 0 Å². The van der Waals surface area contributed by atoms with Crippen LogP contribution in [0.5, 0.6) is 5.75 Å². The molecule has 0 atom stereocenters. The summed E-state index contributed by atoms with van der Waals surface area (Å²) in [4.78, 5) is 15.4. The molecule has 0 bridgehead atoms. The van der Waals surface area contributed by atoms with Crippen LogP contribution in [0.3, 0.4) is 0 Å². The number of ether oxygens (including phenoxy) is 1. The van der Waals surface area contributed by atoms with E-state index in [-0.39, 0.29) is 15.8 Å². The maximum atomic E-state index is 10.8. The summed E-state index contributed by atoms with van der Waals surface area (Å²) in [5.74, 6) is -0.979. The fourth-order valence-electron chi connectivity index (χ4n) is 3.48. The molecule has 10 heteroatoms. The monoisotopic (exact) mass is 515 g/mol. The number of hydrogen-bond acceptors (Lipinski definition) is 7. The number of carboxylic acid groups (broad SMARTS) is 1. The Labute approximate surface area is 207 Å². The lowest BCUT2D eigenvalue weighted by Gasteiger charge is -2.31. The van der Waals surface area contributed by atoms with E-state index in [0.717, 1.165) is 16.4 Å². The third kappa shape index (κ3) is 4.52. The number of fused-ring (bicyclic) bond motifs is 2. The van der Waals surface area contributed by atoms with Crippen LogP contribution in [-0.4, -0.2) is 27.9 Å². The van der Waals surface area contributed by atoms with E-state index >= 15 is 0 Å². The Balaban J connectivity index is 1.43. The van der Waals surface area contributed by atoms with Gasteiger partial charge in [0.05, 0.1) is 28.0 Å². The average molecular weight is 516 g/mol. The number of rotatable bonds is 6. The molecule has 0 spiro atoms. The molecule has 6 nitrogen and oxygen atoms in total. The van der Waals surface area contributed by atoms with Crippen molar-refractivity contribution < 1.29 is 14.6 Å². The first-order valence-electron chi connectivity index (χ1n) is 9.79. The number of nitrogens with zero attached hydrogens (tertiary/aromatic N) is 3. The summed E-state index contributed by atoms with van der Waals surface area (Å²) in [6, 6.07) is 19.9. The van der Waals surface area contributed by atoms with E-state index in [9.17, 15) is 4.79 Å². The van der Waals surface area contributed by atoms with Crippen LogP contribution < -0.4 is 9.64 Å². The fourth-order valence-corrected chi connectivity index (χ4v) is 5.98. The Morgan fingerprint density at radius 2 is 1.58 bits per heavy atom. The summed E-state index contributed by atoms with van der Waals surface area (Å²) >= 11 is 15.8. The topological polar surface area (TPSA) is 75.5 Å². The number of benzene rings is 3. The van der Waals surface area contributed by atoms with Gasteiger partial charge in [-0.1, -0.05) is 70.6 Å².